The SMILES string of the molecule is CCOC(=O)C(=C(CC)CC)P(=O)(O)O. The van der Waals surface area contributed by atoms with Crippen LogP contribution >= 0.6 is 7.60 Å². The van der Waals surface area contributed by atoms with E-state index >= 15 is 0 Å². The van der Waals surface area contributed by atoms with Crippen molar-refractivity contribution in [1.29, 1.82) is 0 Å². The molecule has 0 aromatic heterocycles. The summed E-state index contributed by atoms with van der Waals surface area (Å²) in [5.74, 6) is -0.912. The summed E-state index contributed by atoms with van der Waals surface area (Å²) >= 11 is 0. The zero-order valence-electron chi connectivity index (χ0n) is 9.19. The lowest BCUT2D eigenvalue weighted by atomic mass is 10.1. The Morgan fingerprint density at radius 3 is 1.93 bits per heavy atom. The smallest absolute Gasteiger partial charge is 0.363 e. The van der Waals surface area contributed by atoms with E-state index in [9.17, 15) is 9.36 Å². The Kier molecular flexibility index (Phi) is 5.80. The van der Waals surface area contributed by atoms with Crippen molar-refractivity contribution in [2.45, 2.75) is 33.6 Å². The average molecular weight is 236 g/mol. The number of hydrogen-bond acceptors (Lipinski definition) is 3. The van der Waals surface area contributed by atoms with Crippen molar-refractivity contribution in [2.75, 3.05) is 6.61 Å². The van der Waals surface area contributed by atoms with Crippen molar-refractivity contribution in [3.05, 3.63) is 10.9 Å². The van der Waals surface area contributed by atoms with Gasteiger partial charge in [0.25, 0.3) is 0 Å². The Hall–Kier alpha value is -0.640. The predicted molar refractivity (Wildman–Crippen MR) is 56.3 cm³/mol. The van der Waals surface area contributed by atoms with Gasteiger partial charge in [-0.1, -0.05) is 13.8 Å². The van der Waals surface area contributed by atoms with E-state index in [-0.39, 0.29) is 6.61 Å². The quantitative estimate of drug-likeness (QED) is 0.432. The van der Waals surface area contributed by atoms with E-state index in [1.165, 1.54) is 0 Å². The fourth-order valence-electron chi connectivity index (χ4n) is 1.25. The number of ether oxygens (including phenoxy) is 1. The van der Waals surface area contributed by atoms with E-state index in [0.29, 0.717) is 18.4 Å². The number of carbonyl (C=O) groups excluding carboxylic acids is 1. The minimum absolute atomic E-state index is 0.100. The normalized spacial score (nSPS) is 11.0. The topological polar surface area (TPSA) is 83.8 Å². The standard InChI is InChI=1S/C9H17O5P/c1-4-7(5-2)8(15(11,12)13)9(10)14-6-3/h4-6H2,1-3H3,(H2,11,12,13). The van der Waals surface area contributed by atoms with Crippen molar-refractivity contribution < 1.29 is 23.9 Å². The van der Waals surface area contributed by atoms with Crippen LogP contribution in [0.2, 0.25) is 0 Å². The highest BCUT2D eigenvalue weighted by atomic mass is 31.2. The minimum atomic E-state index is -4.55. The van der Waals surface area contributed by atoms with Crippen LogP contribution in [0, 0.1) is 0 Å². The third kappa shape index (κ3) is 4.16. The summed E-state index contributed by atoms with van der Waals surface area (Å²) in [6.45, 7) is 5.18. The highest BCUT2D eigenvalue weighted by molar-refractivity contribution is 7.58. The fraction of sp³-hybridized carbons (Fsp3) is 0.667. The predicted octanol–water partition coefficient (Wildman–Crippen LogP) is 1.80. The number of carbonyl (C=O) groups is 1. The molecule has 0 unspecified atom stereocenters. The van der Waals surface area contributed by atoms with Crippen LogP contribution in [0.1, 0.15) is 33.6 Å². The second-order valence-corrected chi connectivity index (χ2v) is 4.46. The van der Waals surface area contributed by atoms with Gasteiger partial charge in [-0.2, -0.15) is 0 Å². The monoisotopic (exact) mass is 236 g/mol. The maximum atomic E-state index is 11.4. The summed E-state index contributed by atoms with van der Waals surface area (Å²) < 4.78 is 15.8. The Morgan fingerprint density at radius 2 is 1.67 bits per heavy atom. The van der Waals surface area contributed by atoms with E-state index in [4.69, 9.17) is 9.79 Å². The first-order chi connectivity index (χ1) is 6.88. The van der Waals surface area contributed by atoms with Crippen LogP contribution in [-0.2, 0) is 14.1 Å². The summed E-state index contributed by atoms with van der Waals surface area (Å²) in [7, 11) is -4.55. The molecular formula is C9H17O5P. The van der Waals surface area contributed by atoms with Gasteiger partial charge in [0.15, 0.2) is 0 Å². The van der Waals surface area contributed by atoms with Crippen LogP contribution < -0.4 is 0 Å². The van der Waals surface area contributed by atoms with Gasteiger partial charge >= 0.3 is 13.6 Å². The van der Waals surface area contributed by atoms with E-state index in [1.807, 2.05) is 0 Å². The van der Waals surface area contributed by atoms with Gasteiger partial charge < -0.3 is 14.5 Å². The minimum Gasteiger partial charge on any atom is -0.462 e. The molecule has 0 heterocycles. The lowest BCUT2D eigenvalue weighted by molar-refractivity contribution is -0.137. The number of hydrogen-bond donors (Lipinski definition) is 2. The van der Waals surface area contributed by atoms with E-state index < -0.39 is 18.9 Å². The molecule has 0 saturated heterocycles. The molecule has 0 radical (unpaired) electrons. The second kappa shape index (κ2) is 6.05. The molecule has 0 atom stereocenters. The number of rotatable bonds is 5. The number of allylic oxidation sites excluding steroid dienone is 1. The van der Waals surface area contributed by atoms with E-state index in [0.717, 1.165) is 0 Å². The molecule has 0 aromatic carbocycles. The van der Waals surface area contributed by atoms with Gasteiger partial charge in [-0.25, -0.2) is 4.79 Å². The molecule has 0 aliphatic carbocycles. The van der Waals surface area contributed by atoms with Crippen LogP contribution in [0.3, 0.4) is 0 Å². The first-order valence-corrected chi connectivity index (χ1v) is 6.44. The molecule has 5 nitrogen and oxygen atoms in total. The molecule has 0 rings (SSSR count). The highest BCUT2D eigenvalue weighted by Gasteiger charge is 2.31. The Labute approximate surface area is 89.3 Å². The van der Waals surface area contributed by atoms with E-state index in [2.05, 4.69) is 4.74 Å². The summed E-state index contributed by atoms with van der Waals surface area (Å²) in [4.78, 5) is 29.5. The molecule has 6 heteroatoms. The molecule has 0 aromatic rings. The largest absolute Gasteiger partial charge is 0.462 e. The molecule has 0 amide bonds. The van der Waals surface area contributed by atoms with Gasteiger partial charge in [-0.15, -0.1) is 0 Å². The molecular weight excluding hydrogens is 219 g/mol. The number of esters is 1. The maximum absolute atomic E-state index is 11.4. The third-order valence-electron chi connectivity index (χ3n) is 1.95. The van der Waals surface area contributed by atoms with Crippen LogP contribution in [0.4, 0.5) is 0 Å². The summed E-state index contributed by atoms with van der Waals surface area (Å²) in [5, 5.41) is -0.477. The summed E-state index contributed by atoms with van der Waals surface area (Å²) in [6.07, 6.45) is 0.853. The molecule has 88 valence electrons. The van der Waals surface area contributed by atoms with Gasteiger partial charge in [0.05, 0.1) is 6.61 Å². The Morgan fingerprint density at radius 1 is 1.20 bits per heavy atom. The van der Waals surface area contributed by atoms with Gasteiger partial charge in [0.1, 0.15) is 5.31 Å². The van der Waals surface area contributed by atoms with Crippen molar-refractivity contribution in [1.82, 2.24) is 0 Å². The summed E-state index contributed by atoms with van der Waals surface area (Å²) in [6, 6.07) is 0. The fourth-order valence-corrected chi connectivity index (χ4v) is 2.28. The van der Waals surface area contributed by atoms with Crippen molar-refractivity contribution in [3.8, 4) is 0 Å². The molecule has 0 spiro atoms. The van der Waals surface area contributed by atoms with Gasteiger partial charge in [-0.05, 0) is 25.3 Å². The Bertz CT molecular complexity index is 296. The van der Waals surface area contributed by atoms with Crippen LogP contribution in [0.5, 0.6) is 0 Å². The van der Waals surface area contributed by atoms with Crippen LogP contribution in [-0.4, -0.2) is 22.4 Å². The van der Waals surface area contributed by atoms with Gasteiger partial charge in [-0.3, -0.25) is 4.57 Å². The van der Waals surface area contributed by atoms with Crippen LogP contribution in [0.25, 0.3) is 0 Å². The van der Waals surface area contributed by atoms with Gasteiger partial charge in [0, 0.05) is 0 Å². The van der Waals surface area contributed by atoms with Crippen molar-refractivity contribution in [2.24, 2.45) is 0 Å². The van der Waals surface area contributed by atoms with Crippen molar-refractivity contribution >= 4 is 13.6 Å². The zero-order chi connectivity index (χ0) is 12.1. The molecule has 0 aliphatic rings. The molecule has 0 bridgehead atoms. The zero-order valence-corrected chi connectivity index (χ0v) is 10.1. The highest BCUT2D eigenvalue weighted by Crippen LogP contribution is 2.48. The molecule has 15 heavy (non-hydrogen) atoms. The maximum Gasteiger partial charge on any atom is 0.363 e. The second-order valence-electron chi connectivity index (χ2n) is 2.92. The first-order valence-electron chi connectivity index (χ1n) is 4.83. The summed E-state index contributed by atoms with van der Waals surface area (Å²) in [5.41, 5.74) is 0.446. The first kappa shape index (κ1) is 14.4. The van der Waals surface area contributed by atoms with Crippen LogP contribution in [0.15, 0.2) is 10.9 Å². The Balaban J connectivity index is 5.33. The lowest BCUT2D eigenvalue weighted by Gasteiger charge is -2.12. The van der Waals surface area contributed by atoms with Crippen molar-refractivity contribution in [3.63, 3.8) is 0 Å². The van der Waals surface area contributed by atoms with E-state index in [1.54, 1.807) is 20.8 Å². The average Bonchev–Trinajstić information content (AvgIpc) is 2.11. The molecule has 0 fully saturated rings. The third-order valence-corrected chi connectivity index (χ3v) is 3.03. The molecule has 0 aliphatic heterocycles. The van der Waals surface area contributed by atoms with Gasteiger partial charge in [0.2, 0.25) is 0 Å². The molecule has 0 saturated carbocycles. The lowest BCUT2D eigenvalue weighted by Crippen LogP contribution is -2.10. The molecule has 2 N–H and O–H groups in total.